The Balaban J connectivity index is 2.05. The number of hydrogen-bond acceptors (Lipinski definition) is 5. The number of aryl methyl sites for hydroxylation is 3. The molecule has 1 aliphatic heterocycles. The molecular weight excluding hydrogens is 384 g/mol. The average molecular weight is 413 g/mol. The standard InChI is InChI=1S/C23H28N2O3S/c1-5-7-8-13-25-19(17-11-9-16(6-2)10-12-17)18(21(27)23(25)28)20(26)22-14(3)24-15(4)29-22/h9-12,19,27H,5-8,13H2,1-4H3. The predicted molar refractivity (Wildman–Crippen MR) is 115 cm³/mol. The lowest BCUT2D eigenvalue weighted by Crippen LogP contribution is -2.32. The van der Waals surface area contributed by atoms with E-state index in [0.717, 1.165) is 36.3 Å². The highest BCUT2D eigenvalue weighted by Gasteiger charge is 2.44. The summed E-state index contributed by atoms with van der Waals surface area (Å²) in [7, 11) is 0. The van der Waals surface area contributed by atoms with Crippen molar-refractivity contribution in [1.29, 1.82) is 0 Å². The van der Waals surface area contributed by atoms with E-state index in [9.17, 15) is 14.7 Å². The van der Waals surface area contributed by atoms with Gasteiger partial charge in [-0.15, -0.1) is 11.3 Å². The fraction of sp³-hybridized carbons (Fsp3) is 0.435. The average Bonchev–Trinajstić information content (AvgIpc) is 3.18. The van der Waals surface area contributed by atoms with Gasteiger partial charge < -0.3 is 10.0 Å². The van der Waals surface area contributed by atoms with Crippen LogP contribution in [0.25, 0.3) is 0 Å². The Labute approximate surface area is 176 Å². The van der Waals surface area contributed by atoms with Crippen LogP contribution in [0.2, 0.25) is 0 Å². The molecule has 2 heterocycles. The lowest BCUT2D eigenvalue weighted by molar-refractivity contribution is -0.129. The van der Waals surface area contributed by atoms with Crippen LogP contribution in [0.15, 0.2) is 35.6 Å². The molecule has 0 aliphatic carbocycles. The van der Waals surface area contributed by atoms with Crippen LogP contribution in [0.4, 0.5) is 0 Å². The third-order valence-electron chi connectivity index (χ3n) is 5.36. The molecule has 1 aromatic carbocycles. The molecule has 1 N–H and O–H groups in total. The zero-order valence-corrected chi connectivity index (χ0v) is 18.3. The maximum Gasteiger partial charge on any atom is 0.290 e. The molecule has 0 saturated carbocycles. The summed E-state index contributed by atoms with van der Waals surface area (Å²) in [5.41, 5.74) is 2.83. The number of hydrogen-bond donors (Lipinski definition) is 1. The molecule has 3 rings (SSSR count). The van der Waals surface area contributed by atoms with Gasteiger partial charge in [-0.3, -0.25) is 9.59 Å². The van der Waals surface area contributed by atoms with Crippen LogP contribution in [-0.4, -0.2) is 33.2 Å². The zero-order chi connectivity index (χ0) is 21.1. The van der Waals surface area contributed by atoms with E-state index >= 15 is 0 Å². The van der Waals surface area contributed by atoms with Gasteiger partial charge in [0.25, 0.3) is 5.91 Å². The molecule has 1 aliphatic rings. The van der Waals surface area contributed by atoms with Crippen molar-refractivity contribution in [2.24, 2.45) is 0 Å². The van der Waals surface area contributed by atoms with Gasteiger partial charge in [-0.2, -0.15) is 0 Å². The molecule has 6 heteroatoms. The Morgan fingerprint density at radius 3 is 2.41 bits per heavy atom. The highest BCUT2D eigenvalue weighted by molar-refractivity contribution is 7.14. The highest BCUT2D eigenvalue weighted by atomic mass is 32.1. The SMILES string of the molecule is CCCCCN1C(=O)C(O)=C(C(=O)c2sc(C)nc2C)C1c1ccc(CC)cc1. The quantitative estimate of drug-likeness (QED) is 0.484. The van der Waals surface area contributed by atoms with Crippen LogP contribution in [0.1, 0.15) is 70.7 Å². The van der Waals surface area contributed by atoms with Crippen LogP contribution in [0, 0.1) is 13.8 Å². The monoisotopic (exact) mass is 412 g/mol. The van der Waals surface area contributed by atoms with Gasteiger partial charge in [-0.1, -0.05) is 51.0 Å². The normalized spacial score (nSPS) is 16.8. The molecule has 0 radical (unpaired) electrons. The van der Waals surface area contributed by atoms with E-state index in [4.69, 9.17) is 0 Å². The molecule has 1 atom stereocenters. The van der Waals surface area contributed by atoms with Crippen molar-refractivity contribution in [3.63, 3.8) is 0 Å². The van der Waals surface area contributed by atoms with E-state index in [1.807, 2.05) is 31.2 Å². The maximum atomic E-state index is 13.4. The van der Waals surface area contributed by atoms with Crippen LogP contribution in [0.3, 0.4) is 0 Å². The summed E-state index contributed by atoms with van der Waals surface area (Å²) >= 11 is 1.30. The summed E-state index contributed by atoms with van der Waals surface area (Å²) in [6, 6.07) is 7.38. The summed E-state index contributed by atoms with van der Waals surface area (Å²) in [5.74, 6) is -1.20. The highest BCUT2D eigenvalue weighted by Crippen LogP contribution is 2.40. The largest absolute Gasteiger partial charge is 0.503 e. The van der Waals surface area contributed by atoms with E-state index in [1.54, 1.807) is 11.8 Å². The number of unbranched alkanes of at least 4 members (excludes halogenated alkanes) is 2. The summed E-state index contributed by atoms with van der Waals surface area (Å²) in [4.78, 5) is 32.8. The van der Waals surface area contributed by atoms with Crippen molar-refractivity contribution in [3.8, 4) is 0 Å². The number of benzene rings is 1. The van der Waals surface area contributed by atoms with Gasteiger partial charge in [-0.25, -0.2) is 4.98 Å². The zero-order valence-electron chi connectivity index (χ0n) is 17.5. The molecule has 0 spiro atoms. The topological polar surface area (TPSA) is 70.5 Å². The van der Waals surface area contributed by atoms with Gasteiger partial charge in [0.2, 0.25) is 5.78 Å². The fourth-order valence-corrected chi connectivity index (χ4v) is 4.67. The number of amides is 1. The van der Waals surface area contributed by atoms with Gasteiger partial charge in [0.05, 0.1) is 27.2 Å². The van der Waals surface area contributed by atoms with Crippen LogP contribution >= 0.6 is 11.3 Å². The van der Waals surface area contributed by atoms with Crippen molar-refractivity contribution in [2.75, 3.05) is 6.54 Å². The summed E-state index contributed by atoms with van der Waals surface area (Å²) in [5, 5.41) is 11.5. The number of aromatic nitrogens is 1. The molecule has 29 heavy (non-hydrogen) atoms. The molecule has 2 aromatic rings. The number of rotatable bonds is 8. The van der Waals surface area contributed by atoms with E-state index < -0.39 is 17.7 Å². The molecule has 0 saturated heterocycles. The minimum Gasteiger partial charge on any atom is -0.503 e. The molecule has 1 unspecified atom stereocenters. The smallest absolute Gasteiger partial charge is 0.290 e. The molecule has 1 amide bonds. The Hall–Kier alpha value is -2.47. The van der Waals surface area contributed by atoms with Gasteiger partial charge in [0.15, 0.2) is 5.76 Å². The van der Waals surface area contributed by atoms with Crippen molar-refractivity contribution in [3.05, 3.63) is 62.3 Å². The first-order valence-corrected chi connectivity index (χ1v) is 11.0. The summed E-state index contributed by atoms with van der Waals surface area (Å²) in [6.45, 7) is 8.33. The van der Waals surface area contributed by atoms with E-state index in [-0.39, 0.29) is 11.4 Å². The predicted octanol–water partition coefficient (Wildman–Crippen LogP) is 5.09. The Morgan fingerprint density at radius 2 is 1.86 bits per heavy atom. The molecular formula is C23H28N2O3S. The lowest BCUT2D eigenvalue weighted by atomic mass is 9.94. The first-order valence-electron chi connectivity index (χ1n) is 10.2. The van der Waals surface area contributed by atoms with Gasteiger partial charge in [-0.05, 0) is 37.8 Å². The molecule has 0 fully saturated rings. The Bertz CT molecular complexity index is 944. The van der Waals surface area contributed by atoms with Crippen molar-refractivity contribution in [2.45, 2.75) is 59.4 Å². The first-order chi connectivity index (χ1) is 13.9. The number of carbonyl (C=O) groups excluding carboxylic acids is 2. The molecule has 1 aromatic heterocycles. The number of ketones is 1. The Kier molecular flexibility index (Phi) is 6.52. The molecule has 154 valence electrons. The summed E-state index contributed by atoms with van der Waals surface area (Å²) < 4.78 is 0. The number of thiazole rings is 1. The van der Waals surface area contributed by atoms with Gasteiger partial charge in [0.1, 0.15) is 0 Å². The maximum absolute atomic E-state index is 13.4. The van der Waals surface area contributed by atoms with Gasteiger partial charge >= 0.3 is 0 Å². The molecule has 5 nitrogen and oxygen atoms in total. The van der Waals surface area contributed by atoms with Crippen molar-refractivity contribution < 1.29 is 14.7 Å². The number of carbonyl (C=O) groups is 2. The second kappa shape index (κ2) is 8.91. The number of aliphatic hydroxyl groups excluding tert-OH is 1. The second-order valence-corrected chi connectivity index (χ2v) is 8.65. The van der Waals surface area contributed by atoms with Crippen LogP contribution in [0.5, 0.6) is 0 Å². The second-order valence-electron chi connectivity index (χ2n) is 7.44. The van der Waals surface area contributed by atoms with E-state index in [1.165, 1.54) is 16.9 Å². The van der Waals surface area contributed by atoms with Crippen molar-refractivity contribution in [1.82, 2.24) is 9.88 Å². The van der Waals surface area contributed by atoms with E-state index in [2.05, 4.69) is 18.8 Å². The van der Waals surface area contributed by atoms with Crippen LogP contribution < -0.4 is 0 Å². The lowest BCUT2D eigenvalue weighted by Gasteiger charge is -2.27. The number of nitrogens with zero attached hydrogens (tertiary/aromatic N) is 2. The first kappa shape index (κ1) is 21.2. The number of Topliss-reactive ketones (excluding diaryl/α,β-unsaturated/α-hetero) is 1. The Morgan fingerprint density at radius 1 is 1.17 bits per heavy atom. The van der Waals surface area contributed by atoms with Crippen LogP contribution in [-0.2, 0) is 11.2 Å². The number of aliphatic hydroxyl groups is 1. The van der Waals surface area contributed by atoms with Crippen molar-refractivity contribution >= 4 is 23.0 Å². The fourth-order valence-electron chi connectivity index (χ4n) is 3.79. The van der Waals surface area contributed by atoms with E-state index in [0.29, 0.717) is 17.1 Å². The van der Waals surface area contributed by atoms with Gasteiger partial charge in [0, 0.05) is 6.54 Å². The minimum atomic E-state index is -0.570. The third kappa shape index (κ3) is 4.13. The molecule has 0 bridgehead atoms. The third-order valence-corrected chi connectivity index (χ3v) is 6.44. The summed E-state index contributed by atoms with van der Waals surface area (Å²) in [6.07, 6.45) is 3.76. The minimum absolute atomic E-state index is 0.169.